The molecule has 8 heteroatoms. The quantitative estimate of drug-likeness (QED) is 0.463. The zero-order valence-electron chi connectivity index (χ0n) is 14.9. The first-order valence-electron chi connectivity index (χ1n) is 8.08. The van der Waals surface area contributed by atoms with Crippen LogP contribution in [-0.2, 0) is 11.2 Å². The normalized spacial score (nSPS) is 10.8. The summed E-state index contributed by atoms with van der Waals surface area (Å²) >= 11 is 8.44. The summed E-state index contributed by atoms with van der Waals surface area (Å²) in [6, 6.07) is 6.04. The molecule has 1 aromatic carbocycles. The first-order chi connectivity index (χ1) is 12.4. The molecule has 3 rings (SSSR count). The number of anilines is 2. The van der Waals surface area contributed by atoms with Gasteiger partial charge < -0.3 is 15.4 Å². The predicted molar refractivity (Wildman–Crippen MR) is 114 cm³/mol. The van der Waals surface area contributed by atoms with E-state index in [-0.39, 0.29) is 5.97 Å². The second-order valence-electron chi connectivity index (χ2n) is 5.80. The summed E-state index contributed by atoms with van der Waals surface area (Å²) in [6.45, 7) is 6.20. The van der Waals surface area contributed by atoms with Gasteiger partial charge in [-0.25, -0.2) is 9.78 Å². The SMILES string of the molecule is CCc1cc(C(=O)OC)c(NC(=S)Nc2nc3cc(C)c(C)cc3s2)s1. The third-order valence-corrected chi connectivity index (χ3v) is 6.32. The van der Waals surface area contributed by atoms with Crippen molar-refractivity contribution in [2.75, 3.05) is 17.7 Å². The van der Waals surface area contributed by atoms with Crippen molar-refractivity contribution in [3.63, 3.8) is 0 Å². The topological polar surface area (TPSA) is 63.2 Å². The lowest BCUT2D eigenvalue weighted by Gasteiger charge is -2.07. The van der Waals surface area contributed by atoms with Crippen LogP contribution < -0.4 is 10.6 Å². The predicted octanol–water partition coefficient (Wildman–Crippen LogP) is 5.13. The van der Waals surface area contributed by atoms with Gasteiger partial charge in [0.25, 0.3) is 0 Å². The number of esters is 1. The number of benzene rings is 1. The summed E-state index contributed by atoms with van der Waals surface area (Å²) in [5, 5.41) is 8.01. The summed E-state index contributed by atoms with van der Waals surface area (Å²) in [7, 11) is 1.37. The molecule has 0 bridgehead atoms. The van der Waals surface area contributed by atoms with Crippen LogP contribution in [0.3, 0.4) is 0 Å². The van der Waals surface area contributed by atoms with E-state index in [1.54, 1.807) is 11.3 Å². The molecule has 0 aliphatic rings. The van der Waals surface area contributed by atoms with Crippen molar-refractivity contribution in [1.29, 1.82) is 0 Å². The molecular weight excluding hydrogens is 386 g/mol. The lowest BCUT2D eigenvalue weighted by Crippen LogP contribution is -2.19. The Morgan fingerprint density at radius 2 is 1.92 bits per heavy atom. The number of nitrogens with one attached hydrogen (secondary N) is 2. The fraction of sp³-hybridized carbons (Fsp3) is 0.278. The van der Waals surface area contributed by atoms with E-state index in [4.69, 9.17) is 17.0 Å². The number of nitrogens with zero attached hydrogens (tertiary/aromatic N) is 1. The van der Waals surface area contributed by atoms with E-state index < -0.39 is 0 Å². The molecule has 0 saturated carbocycles. The number of thiophene rings is 1. The standard InChI is InChI=1S/C18H19N3O2S3/c1-5-11-8-12(16(22)23-4)15(25-11)20-17(24)21-18-19-13-6-9(2)10(3)7-14(13)26-18/h6-8H,5H2,1-4H3,(H2,19,20,21,24). The Labute approximate surface area is 165 Å². The minimum Gasteiger partial charge on any atom is -0.465 e. The van der Waals surface area contributed by atoms with Gasteiger partial charge in [-0.05, 0) is 61.8 Å². The van der Waals surface area contributed by atoms with Gasteiger partial charge in [-0.2, -0.15) is 0 Å². The summed E-state index contributed by atoms with van der Waals surface area (Å²) in [5.41, 5.74) is 3.89. The first kappa shape index (κ1) is 18.8. The second kappa shape index (κ2) is 7.69. The van der Waals surface area contributed by atoms with Crippen LogP contribution in [0.25, 0.3) is 10.2 Å². The van der Waals surface area contributed by atoms with E-state index in [1.807, 2.05) is 13.0 Å². The van der Waals surface area contributed by atoms with E-state index in [9.17, 15) is 4.79 Å². The summed E-state index contributed by atoms with van der Waals surface area (Å²) in [5.74, 6) is -0.378. The summed E-state index contributed by atoms with van der Waals surface area (Å²) in [6.07, 6.45) is 0.840. The molecule has 0 aliphatic heterocycles. The van der Waals surface area contributed by atoms with Gasteiger partial charge in [0.1, 0.15) is 5.00 Å². The largest absolute Gasteiger partial charge is 0.465 e. The number of hydrogen-bond acceptors (Lipinski definition) is 6. The number of aromatic nitrogens is 1. The molecule has 26 heavy (non-hydrogen) atoms. The van der Waals surface area contributed by atoms with Gasteiger partial charge in [-0.15, -0.1) is 11.3 Å². The molecule has 3 aromatic rings. The van der Waals surface area contributed by atoms with Crippen molar-refractivity contribution in [3.8, 4) is 0 Å². The highest BCUT2D eigenvalue weighted by atomic mass is 32.1. The highest BCUT2D eigenvalue weighted by Gasteiger charge is 2.17. The van der Waals surface area contributed by atoms with E-state index in [0.29, 0.717) is 15.7 Å². The van der Waals surface area contributed by atoms with E-state index in [0.717, 1.165) is 26.6 Å². The Morgan fingerprint density at radius 3 is 2.62 bits per heavy atom. The monoisotopic (exact) mass is 405 g/mol. The molecular formula is C18H19N3O2S3. The van der Waals surface area contributed by atoms with Crippen molar-refractivity contribution in [2.45, 2.75) is 27.2 Å². The maximum atomic E-state index is 12.0. The molecule has 0 radical (unpaired) electrons. The lowest BCUT2D eigenvalue weighted by atomic mass is 10.1. The minimum absolute atomic E-state index is 0.378. The van der Waals surface area contributed by atoms with Gasteiger partial charge in [-0.3, -0.25) is 0 Å². The Bertz CT molecular complexity index is 952. The van der Waals surface area contributed by atoms with Crippen LogP contribution in [0.5, 0.6) is 0 Å². The van der Waals surface area contributed by atoms with Crippen LogP contribution in [0.2, 0.25) is 0 Å². The molecule has 5 nitrogen and oxygen atoms in total. The highest BCUT2D eigenvalue weighted by Crippen LogP contribution is 2.31. The lowest BCUT2D eigenvalue weighted by molar-refractivity contribution is 0.0602. The molecule has 0 amide bonds. The van der Waals surface area contributed by atoms with Crippen molar-refractivity contribution < 1.29 is 9.53 Å². The van der Waals surface area contributed by atoms with Crippen LogP contribution in [0.4, 0.5) is 10.1 Å². The van der Waals surface area contributed by atoms with Gasteiger partial charge in [0, 0.05) is 4.88 Å². The zero-order valence-corrected chi connectivity index (χ0v) is 17.4. The third kappa shape index (κ3) is 3.87. The molecule has 0 saturated heterocycles. The number of fused-ring (bicyclic) bond motifs is 1. The van der Waals surface area contributed by atoms with Crippen molar-refractivity contribution >= 4 is 66.3 Å². The number of aryl methyl sites for hydroxylation is 3. The molecule has 0 spiro atoms. The molecule has 0 atom stereocenters. The van der Waals surface area contributed by atoms with E-state index in [2.05, 4.69) is 41.6 Å². The third-order valence-electron chi connectivity index (χ3n) is 3.99. The van der Waals surface area contributed by atoms with E-state index >= 15 is 0 Å². The van der Waals surface area contributed by atoms with E-state index in [1.165, 1.54) is 29.6 Å². The fourth-order valence-electron chi connectivity index (χ4n) is 2.44. The first-order valence-corrected chi connectivity index (χ1v) is 10.1. The number of carbonyl (C=O) groups excluding carboxylic acids is 1. The molecule has 0 fully saturated rings. The minimum atomic E-state index is -0.378. The number of methoxy groups -OCH3 is 1. The Hall–Kier alpha value is -2.03. The smallest absolute Gasteiger partial charge is 0.340 e. The maximum absolute atomic E-state index is 12.0. The molecule has 2 N–H and O–H groups in total. The molecule has 0 unspecified atom stereocenters. The molecule has 2 aromatic heterocycles. The Kier molecular flexibility index (Phi) is 5.55. The Balaban J connectivity index is 1.79. The number of thiazole rings is 1. The van der Waals surface area contributed by atoms with Crippen LogP contribution in [0.1, 0.15) is 33.3 Å². The fourth-order valence-corrected chi connectivity index (χ4v) is 4.70. The summed E-state index contributed by atoms with van der Waals surface area (Å²) in [4.78, 5) is 17.6. The number of carbonyl (C=O) groups is 1. The van der Waals surface area contributed by atoms with Crippen LogP contribution in [0, 0.1) is 13.8 Å². The molecule has 136 valence electrons. The van der Waals surface area contributed by atoms with Gasteiger partial charge in [-0.1, -0.05) is 18.3 Å². The molecule has 0 aliphatic carbocycles. The average molecular weight is 406 g/mol. The Morgan fingerprint density at radius 1 is 1.19 bits per heavy atom. The number of ether oxygens (including phenoxy) is 1. The average Bonchev–Trinajstić information content (AvgIpc) is 3.17. The van der Waals surface area contributed by atoms with Crippen LogP contribution in [0.15, 0.2) is 18.2 Å². The summed E-state index contributed by atoms with van der Waals surface area (Å²) < 4.78 is 5.96. The van der Waals surface area contributed by atoms with Gasteiger partial charge >= 0.3 is 5.97 Å². The van der Waals surface area contributed by atoms with Crippen LogP contribution in [-0.4, -0.2) is 23.2 Å². The zero-order chi connectivity index (χ0) is 18.8. The van der Waals surface area contributed by atoms with Crippen molar-refractivity contribution in [2.24, 2.45) is 0 Å². The number of hydrogen-bond donors (Lipinski definition) is 2. The van der Waals surface area contributed by atoms with Gasteiger partial charge in [0.05, 0.1) is 22.9 Å². The van der Waals surface area contributed by atoms with Crippen LogP contribution >= 0.6 is 34.9 Å². The highest BCUT2D eigenvalue weighted by molar-refractivity contribution is 7.80. The van der Waals surface area contributed by atoms with Gasteiger partial charge in [0.2, 0.25) is 0 Å². The van der Waals surface area contributed by atoms with Crippen molar-refractivity contribution in [1.82, 2.24) is 4.98 Å². The second-order valence-corrected chi connectivity index (χ2v) is 8.38. The maximum Gasteiger partial charge on any atom is 0.340 e. The number of thiocarbonyl (C=S) groups is 1. The molecule has 2 heterocycles. The van der Waals surface area contributed by atoms with Crippen molar-refractivity contribution in [3.05, 3.63) is 39.8 Å². The van der Waals surface area contributed by atoms with Gasteiger partial charge in [0.15, 0.2) is 10.2 Å². The number of rotatable bonds is 4.